The third-order valence-electron chi connectivity index (χ3n) is 3.89. The van der Waals surface area contributed by atoms with Gasteiger partial charge in [0.1, 0.15) is 18.8 Å². The van der Waals surface area contributed by atoms with Crippen molar-refractivity contribution in [1.29, 1.82) is 0 Å². The molecule has 0 saturated carbocycles. The third kappa shape index (κ3) is 9.51. The van der Waals surface area contributed by atoms with Crippen LogP contribution in [0.5, 0.6) is 0 Å². The van der Waals surface area contributed by atoms with Crippen molar-refractivity contribution in [2.45, 2.75) is 84.8 Å². The first-order valence-corrected chi connectivity index (χ1v) is 13.3. The van der Waals surface area contributed by atoms with E-state index in [4.69, 9.17) is 28.1 Å². The van der Waals surface area contributed by atoms with Gasteiger partial charge in [-0.05, 0) is 32.6 Å². The number of allylic oxidation sites excluding steroid dienone is 1. The highest BCUT2D eigenvalue weighted by Crippen LogP contribution is 2.30. The molecule has 10 nitrogen and oxygen atoms in total. The van der Waals surface area contributed by atoms with Gasteiger partial charge in [-0.2, -0.15) is 0 Å². The number of carbonyl (C=O) groups excluding carboxylic acids is 4. The van der Waals surface area contributed by atoms with Crippen LogP contribution in [0.3, 0.4) is 0 Å². The van der Waals surface area contributed by atoms with E-state index in [1.807, 2.05) is 19.6 Å². The second-order valence-electron chi connectivity index (χ2n) is 8.16. The monoisotopic (exact) mass is 460 g/mol. The Balaban J connectivity index is 3.42. The zero-order valence-electron chi connectivity index (χ0n) is 19.3. The molecule has 31 heavy (non-hydrogen) atoms. The van der Waals surface area contributed by atoms with E-state index in [1.54, 1.807) is 13.0 Å². The van der Waals surface area contributed by atoms with Gasteiger partial charge in [0.15, 0.2) is 18.3 Å². The number of rotatable bonds is 8. The maximum Gasteiger partial charge on any atom is 0.303 e. The van der Waals surface area contributed by atoms with E-state index in [0.29, 0.717) is 5.76 Å². The van der Waals surface area contributed by atoms with E-state index in [-0.39, 0.29) is 6.61 Å². The Morgan fingerprint density at radius 1 is 0.774 bits per heavy atom. The highest BCUT2D eigenvalue weighted by Gasteiger charge is 2.51. The highest BCUT2D eigenvalue weighted by atomic mass is 28.4. The molecule has 0 aliphatic carbocycles. The topological polar surface area (TPSA) is 124 Å². The van der Waals surface area contributed by atoms with Crippen LogP contribution >= 0.6 is 0 Å². The Hall–Kier alpha value is -2.40. The maximum absolute atomic E-state index is 11.8. The molecule has 1 aliphatic rings. The standard InChI is InChI=1S/C20H32O10Si/c1-11(30-31(6,7)8)9-16-18(26-13(3)22)20(28-15(5)24)19(27-14(4)23)17(29-16)10-25-12(2)21/h9,16-20H,10H2,1-8H3/b11-9+/t16-,17+,18-,19+,20+/m0/s1. The molecule has 0 radical (unpaired) electrons. The summed E-state index contributed by atoms with van der Waals surface area (Å²) in [5.41, 5.74) is 0. The van der Waals surface area contributed by atoms with Crippen molar-refractivity contribution in [3.05, 3.63) is 11.8 Å². The first-order valence-electron chi connectivity index (χ1n) is 9.87. The minimum Gasteiger partial charge on any atom is -0.548 e. The molecule has 0 spiro atoms. The Morgan fingerprint density at radius 3 is 1.71 bits per heavy atom. The van der Waals surface area contributed by atoms with Crippen LogP contribution in [0.1, 0.15) is 34.6 Å². The maximum atomic E-state index is 11.8. The molecule has 0 unspecified atom stereocenters. The minimum absolute atomic E-state index is 0.268. The van der Waals surface area contributed by atoms with Gasteiger partial charge in [0, 0.05) is 27.7 Å². The van der Waals surface area contributed by atoms with E-state index >= 15 is 0 Å². The van der Waals surface area contributed by atoms with Gasteiger partial charge in [-0.25, -0.2) is 0 Å². The summed E-state index contributed by atoms with van der Waals surface area (Å²) in [6, 6.07) is 0. The number of ether oxygens (including phenoxy) is 5. The number of carbonyl (C=O) groups is 4. The number of hydrogen-bond acceptors (Lipinski definition) is 10. The Labute approximate surface area is 183 Å². The molecular formula is C20H32O10Si. The van der Waals surface area contributed by atoms with Crippen molar-refractivity contribution in [1.82, 2.24) is 0 Å². The Kier molecular flexibility index (Phi) is 9.69. The molecule has 0 N–H and O–H groups in total. The van der Waals surface area contributed by atoms with Gasteiger partial charge in [-0.15, -0.1) is 0 Å². The predicted octanol–water partition coefficient (Wildman–Crippen LogP) is 1.87. The van der Waals surface area contributed by atoms with E-state index < -0.39 is 62.7 Å². The fraction of sp³-hybridized carbons (Fsp3) is 0.700. The van der Waals surface area contributed by atoms with Crippen LogP contribution in [-0.4, -0.2) is 69.3 Å². The first kappa shape index (κ1) is 26.6. The summed E-state index contributed by atoms with van der Waals surface area (Å²) >= 11 is 0. The van der Waals surface area contributed by atoms with Crippen LogP contribution < -0.4 is 0 Å². The molecule has 11 heteroatoms. The quantitative estimate of drug-likeness (QED) is 0.229. The van der Waals surface area contributed by atoms with Crippen LogP contribution in [0.25, 0.3) is 0 Å². The molecule has 5 atom stereocenters. The van der Waals surface area contributed by atoms with E-state index in [9.17, 15) is 19.2 Å². The molecule has 1 fully saturated rings. The van der Waals surface area contributed by atoms with Crippen molar-refractivity contribution >= 4 is 32.2 Å². The lowest BCUT2D eigenvalue weighted by Crippen LogP contribution is -2.62. The van der Waals surface area contributed by atoms with Gasteiger partial charge in [0.25, 0.3) is 0 Å². The van der Waals surface area contributed by atoms with Gasteiger partial charge in [-0.3, -0.25) is 19.2 Å². The number of esters is 4. The largest absolute Gasteiger partial charge is 0.548 e. The van der Waals surface area contributed by atoms with Crippen LogP contribution in [0.4, 0.5) is 0 Å². The molecule has 0 aromatic heterocycles. The summed E-state index contributed by atoms with van der Waals surface area (Å²) in [4.78, 5) is 46.6. The van der Waals surface area contributed by atoms with Crippen molar-refractivity contribution in [2.75, 3.05) is 6.61 Å². The van der Waals surface area contributed by atoms with Gasteiger partial charge >= 0.3 is 23.9 Å². The minimum atomic E-state index is -1.94. The third-order valence-corrected chi connectivity index (χ3v) is 4.83. The van der Waals surface area contributed by atoms with Gasteiger partial charge < -0.3 is 28.1 Å². The lowest BCUT2D eigenvalue weighted by Gasteiger charge is -2.43. The highest BCUT2D eigenvalue weighted by molar-refractivity contribution is 6.70. The SMILES string of the molecule is CC(=O)OC[C@H]1O[C@@H](/C=C(\C)O[Si](C)(C)C)[C@H](OC(C)=O)[C@@H](OC(C)=O)[C@@H]1OC(C)=O. The summed E-state index contributed by atoms with van der Waals surface area (Å²) < 4.78 is 33.1. The van der Waals surface area contributed by atoms with E-state index in [1.165, 1.54) is 27.7 Å². The summed E-state index contributed by atoms with van der Waals surface area (Å²) in [5, 5.41) is 0. The summed E-state index contributed by atoms with van der Waals surface area (Å²) in [6.07, 6.45) is -3.79. The molecule has 0 aromatic carbocycles. The Morgan fingerprint density at radius 2 is 1.26 bits per heavy atom. The lowest BCUT2D eigenvalue weighted by molar-refractivity contribution is -0.244. The molecule has 0 aromatic rings. The first-order chi connectivity index (χ1) is 14.2. The van der Waals surface area contributed by atoms with Crippen molar-refractivity contribution in [3.63, 3.8) is 0 Å². The molecule has 0 bridgehead atoms. The second kappa shape index (κ2) is 11.3. The molecular weight excluding hydrogens is 428 g/mol. The smallest absolute Gasteiger partial charge is 0.303 e. The van der Waals surface area contributed by atoms with Crippen molar-refractivity contribution < 1.29 is 47.3 Å². The van der Waals surface area contributed by atoms with E-state index in [2.05, 4.69) is 0 Å². The summed E-state index contributed by atoms with van der Waals surface area (Å²) in [5.74, 6) is -2.03. The van der Waals surface area contributed by atoms with Crippen LogP contribution in [0.2, 0.25) is 19.6 Å². The average molecular weight is 461 g/mol. The van der Waals surface area contributed by atoms with Crippen LogP contribution in [0, 0.1) is 0 Å². The molecule has 0 amide bonds. The van der Waals surface area contributed by atoms with Gasteiger partial charge in [0.2, 0.25) is 8.32 Å². The lowest BCUT2D eigenvalue weighted by atomic mass is 9.93. The number of hydrogen-bond donors (Lipinski definition) is 0. The molecule has 1 rings (SSSR count). The van der Waals surface area contributed by atoms with Crippen molar-refractivity contribution in [2.24, 2.45) is 0 Å². The van der Waals surface area contributed by atoms with Gasteiger partial charge in [0.05, 0.1) is 5.76 Å². The predicted molar refractivity (Wildman–Crippen MR) is 110 cm³/mol. The summed E-state index contributed by atoms with van der Waals surface area (Å²) in [6.45, 7) is 12.2. The molecule has 1 saturated heterocycles. The Bertz CT molecular complexity index is 711. The normalized spacial score (nSPS) is 26.5. The fourth-order valence-electron chi connectivity index (χ4n) is 3.14. The van der Waals surface area contributed by atoms with Crippen LogP contribution in [0.15, 0.2) is 11.8 Å². The molecule has 1 aliphatic heterocycles. The van der Waals surface area contributed by atoms with Crippen LogP contribution in [-0.2, 0) is 47.3 Å². The molecule has 1 heterocycles. The van der Waals surface area contributed by atoms with Gasteiger partial charge in [-0.1, -0.05) is 0 Å². The average Bonchev–Trinajstić information content (AvgIpc) is 2.55. The van der Waals surface area contributed by atoms with Crippen molar-refractivity contribution in [3.8, 4) is 0 Å². The zero-order chi connectivity index (χ0) is 23.9. The second-order valence-corrected chi connectivity index (χ2v) is 12.6. The summed E-state index contributed by atoms with van der Waals surface area (Å²) in [7, 11) is -1.94. The zero-order valence-corrected chi connectivity index (χ0v) is 20.3. The molecule has 176 valence electrons. The fourth-order valence-corrected chi connectivity index (χ4v) is 4.18. The van der Waals surface area contributed by atoms with E-state index in [0.717, 1.165) is 0 Å².